The summed E-state index contributed by atoms with van der Waals surface area (Å²) in [6.07, 6.45) is 0. The Bertz CT molecular complexity index is 501. The highest BCUT2D eigenvalue weighted by atomic mass is 79.9. The first-order chi connectivity index (χ1) is 8.36. The summed E-state index contributed by atoms with van der Waals surface area (Å²) in [7, 11) is -1.59. The van der Waals surface area contributed by atoms with E-state index < -0.39 is 10.0 Å². The van der Waals surface area contributed by atoms with Gasteiger partial charge in [0.25, 0.3) is 0 Å². The van der Waals surface area contributed by atoms with E-state index in [9.17, 15) is 8.42 Å². The smallest absolute Gasteiger partial charge is 0.241 e. The number of rotatable bonds is 6. The Morgan fingerprint density at radius 2 is 2.00 bits per heavy atom. The van der Waals surface area contributed by atoms with Crippen molar-refractivity contribution in [2.75, 3.05) is 13.6 Å². The highest BCUT2D eigenvalue weighted by Crippen LogP contribution is 2.23. The second-order valence-corrected chi connectivity index (χ2v) is 7.13. The summed E-state index contributed by atoms with van der Waals surface area (Å²) >= 11 is 3.31. The summed E-state index contributed by atoms with van der Waals surface area (Å²) in [4.78, 5) is 0.281. The highest BCUT2D eigenvalue weighted by molar-refractivity contribution is 9.10. The molecule has 0 aliphatic carbocycles. The predicted molar refractivity (Wildman–Crippen MR) is 76.9 cm³/mol. The van der Waals surface area contributed by atoms with Gasteiger partial charge >= 0.3 is 0 Å². The maximum absolute atomic E-state index is 12.1. The average Bonchev–Trinajstić information content (AvgIpc) is 2.27. The third kappa shape index (κ3) is 4.35. The fourth-order valence-electron chi connectivity index (χ4n) is 1.43. The van der Waals surface area contributed by atoms with Crippen molar-refractivity contribution in [2.24, 2.45) is 5.92 Å². The van der Waals surface area contributed by atoms with Crippen molar-refractivity contribution in [3.8, 4) is 0 Å². The normalized spacial score (nSPS) is 12.1. The van der Waals surface area contributed by atoms with E-state index in [1.807, 2.05) is 33.0 Å². The molecule has 0 bridgehead atoms. The van der Waals surface area contributed by atoms with Crippen LogP contribution < -0.4 is 10.0 Å². The molecule has 0 amide bonds. The molecule has 6 heteroatoms. The second kappa shape index (κ2) is 6.65. The molecule has 0 spiro atoms. The average molecular weight is 335 g/mol. The van der Waals surface area contributed by atoms with Crippen molar-refractivity contribution in [1.29, 1.82) is 0 Å². The number of hydrogen-bond acceptors (Lipinski definition) is 3. The van der Waals surface area contributed by atoms with Crippen LogP contribution >= 0.6 is 15.9 Å². The quantitative estimate of drug-likeness (QED) is 0.837. The Labute approximate surface area is 117 Å². The summed E-state index contributed by atoms with van der Waals surface area (Å²) in [5.74, 6) is 0.280. The molecule has 0 atom stereocenters. The number of nitrogens with one attached hydrogen (secondary N) is 2. The van der Waals surface area contributed by atoms with E-state index in [-0.39, 0.29) is 10.8 Å². The van der Waals surface area contributed by atoms with Gasteiger partial charge in [0.05, 0.1) is 4.90 Å². The van der Waals surface area contributed by atoms with Gasteiger partial charge in [0, 0.05) is 17.6 Å². The molecule has 0 fully saturated rings. The van der Waals surface area contributed by atoms with Gasteiger partial charge in [-0.1, -0.05) is 19.9 Å². The first-order valence-corrected chi connectivity index (χ1v) is 8.07. The Balaban J connectivity index is 2.95. The van der Waals surface area contributed by atoms with Crippen LogP contribution in [0.4, 0.5) is 0 Å². The first-order valence-electron chi connectivity index (χ1n) is 5.79. The summed E-state index contributed by atoms with van der Waals surface area (Å²) < 4.78 is 27.3. The van der Waals surface area contributed by atoms with Crippen molar-refractivity contribution in [3.05, 3.63) is 28.2 Å². The van der Waals surface area contributed by atoms with E-state index in [0.29, 0.717) is 17.6 Å². The SMILES string of the molecule is CNCc1ccc(S(=O)(=O)NCC(C)C)c(Br)c1. The maximum atomic E-state index is 12.1. The zero-order chi connectivity index (χ0) is 13.8. The lowest BCUT2D eigenvalue weighted by Crippen LogP contribution is -2.27. The summed E-state index contributed by atoms with van der Waals surface area (Å²) in [6, 6.07) is 5.26. The molecule has 0 radical (unpaired) electrons. The van der Waals surface area contributed by atoms with E-state index in [1.165, 1.54) is 0 Å². The molecule has 0 aliphatic heterocycles. The summed E-state index contributed by atoms with van der Waals surface area (Å²) in [6.45, 7) is 5.08. The Morgan fingerprint density at radius 1 is 1.33 bits per heavy atom. The second-order valence-electron chi connectivity index (χ2n) is 4.54. The van der Waals surface area contributed by atoms with Gasteiger partial charge in [0.2, 0.25) is 10.0 Å². The minimum absolute atomic E-state index is 0.280. The fourth-order valence-corrected chi connectivity index (χ4v) is 3.77. The number of halogens is 1. The maximum Gasteiger partial charge on any atom is 0.241 e. The highest BCUT2D eigenvalue weighted by Gasteiger charge is 2.17. The molecule has 4 nitrogen and oxygen atoms in total. The number of hydrogen-bond donors (Lipinski definition) is 2. The molecule has 0 heterocycles. The van der Waals surface area contributed by atoms with E-state index in [1.54, 1.807) is 6.07 Å². The largest absolute Gasteiger partial charge is 0.316 e. The monoisotopic (exact) mass is 334 g/mol. The van der Waals surface area contributed by atoms with Crippen molar-refractivity contribution in [3.63, 3.8) is 0 Å². The van der Waals surface area contributed by atoms with Gasteiger partial charge in [-0.05, 0) is 46.6 Å². The molecule has 0 aliphatic rings. The van der Waals surface area contributed by atoms with Crippen LogP contribution in [0.2, 0.25) is 0 Å². The third-order valence-corrected chi connectivity index (χ3v) is 4.75. The first kappa shape index (κ1) is 15.6. The third-order valence-electron chi connectivity index (χ3n) is 2.35. The molecule has 0 unspecified atom stereocenters. The molecule has 0 saturated carbocycles. The molecular formula is C12H19BrN2O2S. The van der Waals surface area contributed by atoms with Crippen LogP contribution in [0.15, 0.2) is 27.6 Å². The topological polar surface area (TPSA) is 58.2 Å². The lowest BCUT2D eigenvalue weighted by molar-refractivity contribution is 0.559. The zero-order valence-electron chi connectivity index (χ0n) is 10.8. The summed E-state index contributed by atoms with van der Waals surface area (Å²) in [5.41, 5.74) is 1.03. The van der Waals surface area contributed by atoms with Crippen molar-refractivity contribution in [1.82, 2.24) is 10.0 Å². The zero-order valence-corrected chi connectivity index (χ0v) is 13.2. The van der Waals surface area contributed by atoms with Crippen LogP contribution in [-0.2, 0) is 16.6 Å². The Kier molecular flexibility index (Phi) is 5.78. The molecule has 102 valence electrons. The van der Waals surface area contributed by atoms with Crippen LogP contribution in [-0.4, -0.2) is 22.0 Å². The lowest BCUT2D eigenvalue weighted by Gasteiger charge is -2.11. The number of sulfonamides is 1. The van der Waals surface area contributed by atoms with Crippen LogP contribution in [0.25, 0.3) is 0 Å². The minimum Gasteiger partial charge on any atom is -0.316 e. The standard InChI is InChI=1S/C12H19BrN2O2S/c1-9(2)7-15-18(16,17)12-5-4-10(8-14-3)6-11(12)13/h4-6,9,14-15H,7-8H2,1-3H3. The molecule has 2 N–H and O–H groups in total. The Morgan fingerprint density at radius 3 is 2.50 bits per heavy atom. The van der Waals surface area contributed by atoms with Gasteiger partial charge in [-0.15, -0.1) is 0 Å². The van der Waals surface area contributed by atoms with Crippen LogP contribution in [0.5, 0.6) is 0 Å². The molecule has 18 heavy (non-hydrogen) atoms. The molecule has 0 saturated heterocycles. The van der Waals surface area contributed by atoms with Gasteiger partial charge < -0.3 is 5.32 Å². The van der Waals surface area contributed by atoms with E-state index >= 15 is 0 Å². The molecule has 1 rings (SSSR count). The predicted octanol–water partition coefficient (Wildman–Crippen LogP) is 2.10. The van der Waals surface area contributed by atoms with Gasteiger partial charge in [0.15, 0.2) is 0 Å². The van der Waals surface area contributed by atoms with E-state index in [2.05, 4.69) is 26.0 Å². The Hall–Kier alpha value is -0.430. The van der Waals surface area contributed by atoms with Gasteiger partial charge in [-0.3, -0.25) is 0 Å². The van der Waals surface area contributed by atoms with Crippen molar-refractivity contribution >= 4 is 26.0 Å². The summed E-state index contributed by atoms with van der Waals surface area (Å²) in [5, 5.41) is 3.02. The van der Waals surface area contributed by atoms with Gasteiger partial charge in [-0.2, -0.15) is 0 Å². The van der Waals surface area contributed by atoms with Gasteiger partial charge in [-0.25, -0.2) is 13.1 Å². The molecule has 1 aromatic carbocycles. The molecular weight excluding hydrogens is 316 g/mol. The van der Waals surface area contributed by atoms with Gasteiger partial charge in [0.1, 0.15) is 0 Å². The van der Waals surface area contributed by atoms with Crippen LogP contribution in [0.3, 0.4) is 0 Å². The van der Waals surface area contributed by atoms with Crippen molar-refractivity contribution < 1.29 is 8.42 Å². The van der Waals surface area contributed by atoms with E-state index in [0.717, 1.165) is 5.56 Å². The van der Waals surface area contributed by atoms with Crippen LogP contribution in [0.1, 0.15) is 19.4 Å². The number of benzene rings is 1. The van der Waals surface area contributed by atoms with Crippen molar-refractivity contribution in [2.45, 2.75) is 25.3 Å². The van der Waals surface area contributed by atoms with E-state index in [4.69, 9.17) is 0 Å². The van der Waals surface area contributed by atoms with Crippen LogP contribution in [0, 0.1) is 5.92 Å². The minimum atomic E-state index is -3.44. The fraction of sp³-hybridized carbons (Fsp3) is 0.500. The molecule has 1 aromatic rings. The molecule has 0 aromatic heterocycles. The lowest BCUT2D eigenvalue weighted by atomic mass is 10.2.